The zero-order valence-corrected chi connectivity index (χ0v) is 15.8. The number of carbonyl (C=O) groups is 2. The third-order valence-electron chi connectivity index (χ3n) is 4.21. The molecule has 0 bridgehead atoms. The normalized spacial score (nSPS) is 11.8. The molecule has 0 aliphatic rings. The quantitative estimate of drug-likeness (QED) is 0.670. The lowest BCUT2D eigenvalue weighted by Gasteiger charge is -2.21. The summed E-state index contributed by atoms with van der Waals surface area (Å²) in [4.78, 5) is 25.7. The van der Waals surface area contributed by atoms with E-state index in [2.05, 4.69) is 5.32 Å². The molecule has 1 N–H and O–H groups in total. The van der Waals surface area contributed by atoms with E-state index in [0.29, 0.717) is 5.56 Å². The van der Waals surface area contributed by atoms with Gasteiger partial charge in [-0.15, -0.1) is 0 Å². The van der Waals surface area contributed by atoms with E-state index in [1.165, 1.54) is 12.1 Å². The van der Waals surface area contributed by atoms with Gasteiger partial charge in [-0.1, -0.05) is 24.3 Å². The molecule has 2 aromatic rings. The number of benzene rings is 2. The number of nitrogens with one attached hydrogen (secondary N) is 1. The van der Waals surface area contributed by atoms with Crippen LogP contribution in [0, 0.1) is 0 Å². The highest BCUT2D eigenvalue weighted by Gasteiger charge is 2.34. The van der Waals surface area contributed by atoms with Crippen molar-refractivity contribution in [3.8, 4) is 0 Å². The maximum absolute atomic E-state index is 13.0. The first-order valence-electron chi connectivity index (χ1n) is 8.81. The SMILES string of the molecule is CCN(CC(=O)Nc1ccccc1C(F)(F)F)C(=O)Cc1ccc(C(F)(F)F)cc1. The van der Waals surface area contributed by atoms with E-state index in [1.807, 2.05) is 0 Å². The molecule has 0 fully saturated rings. The van der Waals surface area contributed by atoms with Crippen molar-refractivity contribution in [2.45, 2.75) is 25.7 Å². The molecule has 0 saturated heterocycles. The van der Waals surface area contributed by atoms with Crippen molar-refractivity contribution < 1.29 is 35.9 Å². The fourth-order valence-electron chi connectivity index (χ4n) is 2.68. The standard InChI is InChI=1S/C20H18F6N2O2/c1-2-28(18(30)11-13-7-9-14(10-8-13)19(21,22)23)12-17(29)27-16-6-4-3-5-15(16)20(24,25)26/h3-10H,2,11-12H2,1H3,(H,27,29). The molecule has 0 atom stereocenters. The van der Waals surface area contributed by atoms with Gasteiger partial charge >= 0.3 is 12.4 Å². The summed E-state index contributed by atoms with van der Waals surface area (Å²) in [5, 5.41) is 2.15. The number of hydrogen-bond acceptors (Lipinski definition) is 2. The number of anilines is 1. The molecule has 2 rings (SSSR count). The van der Waals surface area contributed by atoms with E-state index in [4.69, 9.17) is 0 Å². The Morgan fingerprint density at radius 1 is 0.900 bits per heavy atom. The molecule has 0 saturated carbocycles. The zero-order chi connectivity index (χ0) is 22.5. The lowest BCUT2D eigenvalue weighted by molar-refractivity contribution is -0.138. The van der Waals surface area contributed by atoms with Crippen molar-refractivity contribution >= 4 is 17.5 Å². The summed E-state index contributed by atoms with van der Waals surface area (Å²) < 4.78 is 76.8. The van der Waals surface area contributed by atoms with Gasteiger partial charge in [-0.25, -0.2) is 0 Å². The summed E-state index contributed by atoms with van der Waals surface area (Å²) >= 11 is 0. The van der Waals surface area contributed by atoms with Crippen molar-refractivity contribution in [2.75, 3.05) is 18.4 Å². The molecule has 30 heavy (non-hydrogen) atoms. The van der Waals surface area contributed by atoms with Crippen molar-refractivity contribution in [2.24, 2.45) is 0 Å². The highest BCUT2D eigenvalue weighted by molar-refractivity contribution is 5.95. The summed E-state index contributed by atoms with van der Waals surface area (Å²) in [6.07, 6.45) is -9.41. The second-order valence-corrected chi connectivity index (χ2v) is 6.37. The number of rotatable bonds is 6. The number of hydrogen-bond donors (Lipinski definition) is 1. The third-order valence-corrected chi connectivity index (χ3v) is 4.21. The van der Waals surface area contributed by atoms with Gasteiger partial charge in [-0.2, -0.15) is 26.3 Å². The number of alkyl halides is 6. The molecule has 0 unspecified atom stereocenters. The van der Waals surface area contributed by atoms with E-state index in [-0.39, 0.29) is 13.0 Å². The van der Waals surface area contributed by atoms with Crippen LogP contribution in [0.15, 0.2) is 48.5 Å². The van der Waals surface area contributed by atoms with Crippen LogP contribution in [-0.2, 0) is 28.4 Å². The number of nitrogens with zero attached hydrogens (tertiary/aromatic N) is 1. The van der Waals surface area contributed by atoms with Gasteiger partial charge in [0.15, 0.2) is 0 Å². The van der Waals surface area contributed by atoms with Gasteiger partial charge in [0.1, 0.15) is 0 Å². The molecule has 2 aromatic carbocycles. The topological polar surface area (TPSA) is 49.4 Å². The summed E-state index contributed by atoms with van der Waals surface area (Å²) in [5.74, 6) is -1.37. The first-order valence-corrected chi connectivity index (χ1v) is 8.81. The van der Waals surface area contributed by atoms with Gasteiger partial charge in [-0.3, -0.25) is 9.59 Å². The second-order valence-electron chi connectivity index (χ2n) is 6.37. The Morgan fingerprint density at radius 3 is 2.03 bits per heavy atom. The Kier molecular flexibility index (Phi) is 7.12. The fraction of sp³-hybridized carbons (Fsp3) is 0.300. The van der Waals surface area contributed by atoms with Crippen LogP contribution in [0.2, 0.25) is 0 Å². The number of carbonyl (C=O) groups excluding carboxylic acids is 2. The minimum absolute atomic E-state index is 0.0911. The zero-order valence-electron chi connectivity index (χ0n) is 15.8. The van der Waals surface area contributed by atoms with Crippen LogP contribution < -0.4 is 5.32 Å². The van der Waals surface area contributed by atoms with Crippen LogP contribution >= 0.6 is 0 Å². The summed E-state index contributed by atoms with van der Waals surface area (Å²) in [5.41, 5.74) is -1.98. The minimum Gasteiger partial charge on any atom is -0.333 e. The van der Waals surface area contributed by atoms with Crippen molar-refractivity contribution in [3.05, 3.63) is 65.2 Å². The van der Waals surface area contributed by atoms with Crippen molar-refractivity contribution in [3.63, 3.8) is 0 Å². The molecule has 0 radical (unpaired) electrons. The van der Waals surface area contributed by atoms with Crippen LogP contribution in [0.4, 0.5) is 32.0 Å². The Morgan fingerprint density at radius 2 is 1.50 bits per heavy atom. The summed E-state index contributed by atoms with van der Waals surface area (Å²) in [6.45, 7) is 1.16. The average Bonchev–Trinajstić information content (AvgIpc) is 2.65. The smallest absolute Gasteiger partial charge is 0.333 e. The Hall–Kier alpha value is -3.04. The monoisotopic (exact) mass is 432 g/mol. The predicted molar refractivity (Wildman–Crippen MR) is 97.5 cm³/mol. The molecule has 10 heteroatoms. The molecule has 0 heterocycles. The Labute approximate surface area is 168 Å². The van der Waals surface area contributed by atoms with E-state index in [9.17, 15) is 35.9 Å². The van der Waals surface area contributed by atoms with Gasteiger partial charge in [0, 0.05) is 6.54 Å². The molecule has 162 valence electrons. The van der Waals surface area contributed by atoms with Crippen LogP contribution in [-0.4, -0.2) is 29.8 Å². The Bertz CT molecular complexity index is 891. The van der Waals surface area contributed by atoms with Crippen LogP contribution in [0.1, 0.15) is 23.6 Å². The van der Waals surface area contributed by atoms with E-state index in [0.717, 1.165) is 41.3 Å². The third kappa shape index (κ3) is 6.23. The first kappa shape index (κ1) is 23.2. The van der Waals surface area contributed by atoms with E-state index >= 15 is 0 Å². The van der Waals surface area contributed by atoms with Crippen LogP contribution in [0.3, 0.4) is 0 Å². The van der Waals surface area contributed by atoms with Gasteiger partial charge in [-0.05, 0) is 36.8 Å². The lowest BCUT2D eigenvalue weighted by Crippen LogP contribution is -2.38. The predicted octanol–water partition coefficient (Wildman–Crippen LogP) is 4.75. The largest absolute Gasteiger partial charge is 0.418 e. The Balaban J connectivity index is 2.03. The van der Waals surface area contributed by atoms with Gasteiger partial charge < -0.3 is 10.2 Å². The number of likely N-dealkylation sites (N-methyl/N-ethyl adjacent to an activating group) is 1. The lowest BCUT2D eigenvalue weighted by atomic mass is 10.1. The molecular formula is C20H18F6N2O2. The maximum Gasteiger partial charge on any atom is 0.418 e. The first-order chi connectivity index (χ1) is 13.9. The molecule has 0 aliphatic heterocycles. The van der Waals surface area contributed by atoms with Crippen molar-refractivity contribution in [1.82, 2.24) is 4.90 Å². The molecule has 2 amide bonds. The minimum atomic E-state index is -4.66. The van der Waals surface area contributed by atoms with Gasteiger partial charge in [0.25, 0.3) is 0 Å². The number of halogens is 6. The number of amides is 2. The van der Waals surface area contributed by atoms with Crippen LogP contribution in [0.25, 0.3) is 0 Å². The molecular weight excluding hydrogens is 414 g/mol. The van der Waals surface area contributed by atoms with Crippen LogP contribution in [0.5, 0.6) is 0 Å². The average molecular weight is 432 g/mol. The van der Waals surface area contributed by atoms with E-state index in [1.54, 1.807) is 6.92 Å². The van der Waals surface area contributed by atoms with Gasteiger partial charge in [0.05, 0.1) is 29.8 Å². The fourth-order valence-corrected chi connectivity index (χ4v) is 2.68. The van der Waals surface area contributed by atoms with E-state index < -0.39 is 47.5 Å². The van der Waals surface area contributed by atoms with Gasteiger partial charge in [0.2, 0.25) is 11.8 Å². The highest BCUT2D eigenvalue weighted by atomic mass is 19.4. The van der Waals surface area contributed by atoms with Crippen molar-refractivity contribution in [1.29, 1.82) is 0 Å². The molecule has 0 aromatic heterocycles. The molecule has 0 spiro atoms. The summed E-state index contributed by atoms with van der Waals surface area (Å²) in [7, 11) is 0. The molecule has 4 nitrogen and oxygen atoms in total. The highest BCUT2D eigenvalue weighted by Crippen LogP contribution is 2.34. The molecule has 0 aliphatic carbocycles. The second kappa shape index (κ2) is 9.19. The maximum atomic E-state index is 13.0. The summed E-state index contributed by atoms with van der Waals surface area (Å²) in [6, 6.07) is 8.45. The number of para-hydroxylation sites is 1.